The van der Waals surface area contributed by atoms with Crippen molar-refractivity contribution in [2.24, 2.45) is 0 Å². The third-order valence-corrected chi connectivity index (χ3v) is 3.89. The molecule has 3 aromatic rings. The molecule has 112 valence electrons. The first-order valence-corrected chi connectivity index (χ1v) is 7.29. The summed E-state index contributed by atoms with van der Waals surface area (Å²) < 4.78 is 7.42. The smallest absolute Gasteiger partial charge is 0.118 e. The molecule has 0 amide bonds. The molecule has 0 aliphatic carbocycles. The van der Waals surface area contributed by atoms with Crippen molar-refractivity contribution in [1.82, 2.24) is 4.57 Å². The summed E-state index contributed by atoms with van der Waals surface area (Å²) in [5.41, 5.74) is 12.6. The van der Waals surface area contributed by atoms with E-state index in [9.17, 15) is 0 Å². The van der Waals surface area contributed by atoms with Crippen molar-refractivity contribution < 1.29 is 4.74 Å². The lowest BCUT2D eigenvalue weighted by Gasteiger charge is -2.15. The molecular formula is C19H20N2O. The predicted molar refractivity (Wildman–Crippen MR) is 91.6 cm³/mol. The Morgan fingerprint density at radius 3 is 2.27 bits per heavy atom. The maximum Gasteiger partial charge on any atom is 0.118 e. The summed E-state index contributed by atoms with van der Waals surface area (Å²) in [7, 11) is 1.68. The molecule has 3 heteroatoms. The number of nitrogens with zero attached hydrogens (tertiary/aromatic N) is 1. The maximum absolute atomic E-state index is 6.23. The Labute approximate surface area is 131 Å². The summed E-state index contributed by atoms with van der Waals surface area (Å²) in [6.07, 6.45) is 0. The van der Waals surface area contributed by atoms with E-state index in [1.165, 1.54) is 0 Å². The Morgan fingerprint density at radius 2 is 1.64 bits per heavy atom. The van der Waals surface area contributed by atoms with Gasteiger partial charge in [-0.2, -0.15) is 0 Å². The van der Waals surface area contributed by atoms with Gasteiger partial charge in [-0.25, -0.2) is 0 Å². The average molecular weight is 292 g/mol. The zero-order chi connectivity index (χ0) is 15.7. The Morgan fingerprint density at radius 1 is 0.909 bits per heavy atom. The Kier molecular flexibility index (Phi) is 3.63. The average Bonchev–Trinajstić information content (AvgIpc) is 2.89. The molecule has 0 unspecified atom stereocenters. The first kappa shape index (κ1) is 14.3. The second kappa shape index (κ2) is 5.60. The molecule has 0 radical (unpaired) electrons. The number of hydrogen-bond donors (Lipinski definition) is 1. The third kappa shape index (κ3) is 2.46. The van der Waals surface area contributed by atoms with Gasteiger partial charge in [0.05, 0.1) is 24.2 Å². The van der Waals surface area contributed by atoms with Crippen LogP contribution in [0.1, 0.15) is 11.3 Å². The van der Waals surface area contributed by atoms with Gasteiger partial charge in [-0.15, -0.1) is 0 Å². The topological polar surface area (TPSA) is 40.2 Å². The van der Waals surface area contributed by atoms with Gasteiger partial charge in [0.1, 0.15) is 5.75 Å². The molecular weight excluding hydrogens is 272 g/mol. The van der Waals surface area contributed by atoms with Crippen molar-refractivity contribution in [1.29, 1.82) is 0 Å². The van der Waals surface area contributed by atoms with Crippen LogP contribution < -0.4 is 10.5 Å². The van der Waals surface area contributed by atoms with Crippen molar-refractivity contribution in [3.05, 3.63) is 65.9 Å². The summed E-state index contributed by atoms with van der Waals surface area (Å²) >= 11 is 0. The summed E-state index contributed by atoms with van der Waals surface area (Å²) in [5, 5.41) is 0. The number of rotatable bonds is 3. The van der Waals surface area contributed by atoms with Gasteiger partial charge in [0.15, 0.2) is 0 Å². The van der Waals surface area contributed by atoms with Crippen LogP contribution in [0.25, 0.3) is 16.9 Å². The minimum absolute atomic E-state index is 0.786. The molecule has 1 aromatic heterocycles. The van der Waals surface area contributed by atoms with Crippen LogP contribution in [0, 0.1) is 13.8 Å². The van der Waals surface area contributed by atoms with Gasteiger partial charge in [-0.3, -0.25) is 0 Å². The molecule has 0 saturated heterocycles. The van der Waals surface area contributed by atoms with Gasteiger partial charge in [-0.1, -0.05) is 6.07 Å². The highest BCUT2D eigenvalue weighted by Crippen LogP contribution is 2.30. The van der Waals surface area contributed by atoms with Crippen LogP contribution >= 0.6 is 0 Å². The van der Waals surface area contributed by atoms with Crippen LogP contribution in [0.5, 0.6) is 5.75 Å². The monoisotopic (exact) mass is 292 g/mol. The molecule has 22 heavy (non-hydrogen) atoms. The highest BCUT2D eigenvalue weighted by Gasteiger charge is 2.12. The number of nitrogen functional groups attached to an aromatic ring is 1. The Balaban J connectivity index is 2.14. The van der Waals surface area contributed by atoms with Gasteiger partial charge >= 0.3 is 0 Å². The van der Waals surface area contributed by atoms with Gasteiger partial charge in [0, 0.05) is 5.69 Å². The van der Waals surface area contributed by atoms with Crippen molar-refractivity contribution in [3.63, 3.8) is 0 Å². The van der Waals surface area contributed by atoms with E-state index in [1.54, 1.807) is 7.11 Å². The molecule has 3 rings (SSSR count). The zero-order valence-corrected chi connectivity index (χ0v) is 13.1. The quantitative estimate of drug-likeness (QED) is 0.729. The number of anilines is 1. The summed E-state index contributed by atoms with van der Waals surface area (Å²) in [6.45, 7) is 4.14. The SMILES string of the molecule is COc1ccc(-c2ccc(C)n2-c2ccc(C)cc2N)cc1. The van der Waals surface area contributed by atoms with Crippen molar-refractivity contribution in [2.45, 2.75) is 13.8 Å². The minimum atomic E-state index is 0.786. The van der Waals surface area contributed by atoms with Gasteiger partial charge in [0.25, 0.3) is 0 Å². The fourth-order valence-electron chi connectivity index (χ4n) is 2.72. The van der Waals surface area contributed by atoms with Crippen molar-refractivity contribution >= 4 is 5.69 Å². The molecule has 2 N–H and O–H groups in total. The Hall–Kier alpha value is -2.68. The van der Waals surface area contributed by atoms with Gasteiger partial charge < -0.3 is 15.0 Å². The predicted octanol–water partition coefficient (Wildman–Crippen LogP) is 4.35. The fraction of sp³-hybridized carbons (Fsp3) is 0.158. The fourth-order valence-corrected chi connectivity index (χ4v) is 2.72. The van der Waals surface area contributed by atoms with E-state index in [2.05, 4.69) is 47.9 Å². The molecule has 0 aliphatic rings. The van der Waals surface area contributed by atoms with Crippen molar-refractivity contribution in [2.75, 3.05) is 12.8 Å². The Bertz CT molecular complexity index is 801. The molecule has 0 bridgehead atoms. The van der Waals surface area contributed by atoms with E-state index in [4.69, 9.17) is 10.5 Å². The number of hydrogen-bond acceptors (Lipinski definition) is 2. The van der Waals surface area contributed by atoms with E-state index in [0.29, 0.717) is 0 Å². The van der Waals surface area contributed by atoms with Crippen LogP contribution in [0.2, 0.25) is 0 Å². The van der Waals surface area contributed by atoms with Gasteiger partial charge in [-0.05, 0) is 73.5 Å². The molecule has 3 nitrogen and oxygen atoms in total. The number of nitrogens with two attached hydrogens (primary N) is 1. The van der Waals surface area contributed by atoms with E-state index in [0.717, 1.165) is 39.6 Å². The second-order valence-corrected chi connectivity index (χ2v) is 5.49. The lowest BCUT2D eigenvalue weighted by Crippen LogP contribution is -2.03. The molecule has 0 saturated carbocycles. The molecule has 1 heterocycles. The van der Waals surface area contributed by atoms with Crippen LogP contribution in [0.3, 0.4) is 0 Å². The van der Waals surface area contributed by atoms with Crippen molar-refractivity contribution in [3.8, 4) is 22.7 Å². The number of methoxy groups -OCH3 is 1. The highest BCUT2D eigenvalue weighted by atomic mass is 16.5. The first-order valence-electron chi connectivity index (χ1n) is 7.29. The molecule has 0 aliphatic heterocycles. The van der Waals surface area contributed by atoms with E-state index in [1.807, 2.05) is 25.1 Å². The molecule has 0 spiro atoms. The normalized spacial score (nSPS) is 10.7. The summed E-state index contributed by atoms with van der Waals surface area (Å²) in [5.74, 6) is 0.855. The van der Waals surface area contributed by atoms with E-state index in [-0.39, 0.29) is 0 Å². The lowest BCUT2D eigenvalue weighted by molar-refractivity contribution is 0.415. The van der Waals surface area contributed by atoms with Crippen LogP contribution in [0.15, 0.2) is 54.6 Å². The third-order valence-electron chi connectivity index (χ3n) is 3.89. The second-order valence-electron chi connectivity index (χ2n) is 5.49. The minimum Gasteiger partial charge on any atom is -0.497 e. The lowest BCUT2D eigenvalue weighted by atomic mass is 10.1. The number of aryl methyl sites for hydroxylation is 2. The van der Waals surface area contributed by atoms with E-state index >= 15 is 0 Å². The standard InChI is InChI=1S/C19H20N2O/c1-13-4-10-19(17(20)12-13)21-14(2)5-11-18(21)15-6-8-16(22-3)9-7-15/h4-12H,20H2,1-3H3. The summed E-state index contributed by atoms with van der Waals surface area (Å²) in [4.78, 5) is 0. The number of benzene rings is 2. The summed E-state index contributed by atoms with van der Waals surface area (Å²) in [6, 6.07) is 18.5. The van der Waals surface area contributed by atoms with E-state index < -0.39 is 0 Å². The van der Waals surface area contributed by atoms with Gasteiger partial charge in [0.2, 0.25) is 0 Å². The van der Waals surface area contributed by atoms with Crippen LogP contribution in [0.4, 0.5) is 5.69 Å². The van der Waals surface area contributed by atoms with Crippen LogP contribution in [-0.2, 0) is 0 Å². The highest BCUT2D eigenvalue weighted by molar-refractivity contribution is 5.69. The molecule has 0 fully saturated rings. The van der Waals surface area contributed by atoms with Crippen LogP contribution in [-0.4, -0.2) is 11.7 Å². The zero-order valence-electron chi connectivity index (χ0n) is 13.1. The largest absolute Gasteiger partial charge is 0.497 e. The molecule has 2 aromatic carbocycles. The number of ether oxygens (including phenoxy) is 1. The number of aromatic nitrogens is 1. The first-order chi connectivity index (χ1) is 10.6. The molecule has 0 atom stereocenters. The maximum atomic E-state index is 6.23.